The van der Waals surface area contributed by atoms with Gasteiger partial charge in [-0.15, -0.1) is 0 Å². The minimum atomic E-state index is 0.0822. The lowest BCUT2D eigenvalue weighted by Crippen LogP contribution is -2.15. The summed E-state index contributed by atoms with van der Waals surface area (Å²) in [5.74, 6) is 0. The first kappa shape index (κ1) is 20.5. The van der Waals surface area contributed by atoms with E-state index in [4.69, 9.17) is 0 Å². The molecule has 31 heavy (non-hydrogen) atoms. The molecule has 0 nitrogen and oxygen atoms in total. The van der Waals surface area contributed by atoms with Gasteiger partial charge in [0, 0.05) is 6.42 Å². The van der Waals surface area contributed by atoms with E-state index in [1.54, 1.807) is 11.3 Å². The van der Waals surface area contributed by atoms with Crippen molar-refractivity contribution < 1.29 is 0 Å². The van der Waals surface area contributed by atoms with Gasteiger partial charge in [-0.25, -0.2) is 0 Å². The summed E-state index contributed by atoms with van der Waals surface area (Å²) in [5.41, 5.74) is 14.2. The maximum Gasteiger partial charge on any atom is 0.0218 e. The minimum absolute atomic E-state index is 0.0822. The largest absolute Gasteiger partial charge is 0.152 e. The third-order valence-electron chi connectivity index (χ3n) is 6.63. The van der Waals surface area contributed by atoms with E-state index in [1.165, 1.54) is 55.7 Å². The summed E-state index contributed by atoms with van der Waals surface area (Å²) in [6.07, 6.45) is 8.10. The highest BCUT2D eigenvalue weighted by Crippen LogP contribution is 2.49. The molecule has 0 aliphatic heterocycles. The Hall–Kier alpha value is -2.38. The zero-order valence-corrected chi connectivity index (χ0v) is 20.3. The predicted octanol–water partition coefficient (Wildman–Crippen LogP) is 8.79. The molecule has 3 aromatic rings. The van der Waals surface area contributed by atoms with Gasteiger partial charge in [0.2, 0.25) is 0 Å². The summed E-state index contributed by atoms with van der Waals surface area (Å²) in [5, 5.41) is 4.46. The molecule has 2 aromatic carbocycles. The van der Waals surface area contributed by atoms with Crippen molar-refractivity contribution in [3.63, 3.8) is 0 Å². The first-order valence-electron chi connectivity index (χ1n) is 11.2. The van der Waals surface area contributed by atoms with Crippen LogP contribution in [-0.4, -0.2) is 0 Å². The van der Waals surface area contributed by atoms with Crippen LogP contribution in [0, 0.1) is 6.42 Å². The summed E-state index contributed by atoms with van der Waals surface area (Å²) in [7, 11) is 0. The molecular weight excluding hydrogens is 392 g/mol. The smallest absolute Gasteiger partial charge is 0.0218 e. The Labute approximate surface area is 191 Å². The first-order valence-corrected chi connectivity index (χ1v) is 12.2. The van der Waals surface area contributed by atoms with Crippen LogP contribution in [0.3, 0.4) is 0 Å². The summed E-state index contributed by atoms with van der Waals surface area (Å²) in [6, 6.07) is 14.0. The van der Waals surface area contributed by atoms with Gasteiger partial charge in [-0.05, 0) is 89.7 Å². The van der Waals surface area contributed by atoms with Crippen LogP contribution < -0.4 is 0 Å². The Morgan fingerprint density at radius 1 is 0.839 bits per heavy atom. The molecule has 0 saturated carbocycles. The summed E-state index contributed by atoms with van der Waals surface area (Å²) in [6.45, 7) is 13.9. The maximum absolute atomic E-state index is 2.45. The van der Waals surface area contributed by atoms with Gasteiger partial charge in [0.25, 0.3) is 0 Å². The van der Waals surface area contributed by atoms with Crippen molar-refractivity contribution in [3.8, 4) is 11.1 Å². The highest BCUT2D eigenvalue weighted by Gasteiger charge is 2.31. The number of thiophene rings is 1. The average molecular weight is 424 g/mol. The molecule has 5 rings (SSSR count). The van der Waals surface area contributed by atoms with E-state index in [1.807, 2.05) is 0 Å². The van der Waals surface area contributed by atoms with Crippen LogP contribution >= 0.6 is 11.3 Å². The molecule has 1 heteroatoms. The Morgan fingerprint density at radius 2 is 1.61 bits per heavy atom. The van der Waals surface area contributed by atoms with Gasteiger partial charge in [0.05, 0.1) is 0 Å². The van der Waals surface area contributed by atoms with Crippen LogP contribution in [0.15, 0.2) is 59.3 Å². The van der Waals surface area contributed by atoms with Crippen molar-refractivity contribution in [3.05, 3.63) is 99.1 Å². The molecule has 157 valence electrons. The number of fused-ring (bicyclic) bond motifs is 3. The zero-order chi connectivity index (χ0) is 22.0. The Bertz CT molecular complexity index is 1220. The summed E-state index contributed by atoms with van der Waals surface area (Å²) in [4.78, 5) is 0. The van der Waals surface area contributed by atoms with Crippen LogP contribution in [0.4, 0.5) is 0 Å². The lowest BCUT2D eigenvalue weighted by molar-refractivity contribution is 0.588. The molecule has 0 fully saturated rings. The van der Waals surface area contributed by atoms with Crippen molar-refractivity contribution in [2.45, 2.75) is 58.8 Å². The van der Waals surface area contributed by atoms with E-state index >= 15 is 0 Å². The first-order chi connectivity index (χ1) is 14.6. The molecule has 2 aliphatic rings. The van der Waals surface area contributed by atoms with Crippen molar-refractivity contribution in [1.82, 2.24) is 0 Å². The van der Waals surface area contributed by atoms with Crippen molar-refractivity contribution in [2.75, 3.05) is 0 Å². The van der Waals surface area contributed by atoms with E-state index in [-0.39, 0.29) is 10.8 Å². The van der Waals surface area contributed by atoms with Gasteiger partial charge in [-0.3, -0.25) is 0 Å². The van der Waals surface area contributed by atoms with E-state index in [0.717, 1.165) is 6.42 Å². The van der Waals surface area contributed by atoms with Crippen molar-refractivity contribution in [2.24, 2.45) is 0 Å². The van der Waals surface area contributed by atoms with Gasteiger partial charge in [-0.1, -0.05) is 84.0 Å². The van der Waals surface area contributed by atoms with Gasteiger partial charge in [0.15, 0.2) is 0 Å². The molecule has 0 saturated heterocycles. The van der Waals surface area contributed by atoms with Crippen LogP contribution in [0.5, 0.6) is 0 Å². The monoisotopic (exact) mass is 423 g/mol. The van der Waals surface area contributed by atoms with Crippen LogP contribution in [-0.2, 0) is 10.8 Å². The standard InChI is InChI=1S/C30H31S/c1-29(2,3)21-10-11-23-20(16-21)17-26-24(23)12-13-27(30(4,5)6)28(26)25-9-7-8-22(25)19-14-15-31-18-19/h7-8,10-18H,9H2,1-6H3. The molecule has 0 bridgehead atoms. The molecule has 0 atom stereocenters. The second kappa shape index (κ2) is 7.07. The SMILES string of the molecule is CC(C)(C)c1ccc2c(c1)[CH]c1c-2ccc(C(C)(C)C)c1C1=C(c2ccsc2)C=CC1. The van der Waals surface area contributed by atoms with E-state index in [2.05, 4.69) is 107 Å². The lowest BCUT2D eigenvalue weighted by Gasteiger charge is -2.27. The molecule has 2 aliphatic carbocycles. The fourth-order valence-electron chi connectivity index (χ4n) is 4.93. The predicted molar refractivity (Wildman–Crippen MR) is 137 cm³/mol. The molecule has 0 N–H and O–H groups in total. The zero-order valence-electron chi connectivity index (χ0n) is 19.5. The second-order valence-electron chi connectivity index (χ2n) is 10.9. The van der Waals surface area contributed by atoms with Gasteiger partial charge in [-0.2, -0.15) is 11.3 Å². The Morgan fingerprint density at radius 3 is 2.29 bits per heavy atom. The normalized spacial score (nSPS) is 15.5. The van der Waals surface area contributed by atoms with Crippen LogP contribution in [0.25, 0.3) is 22.3 Å². The number of allylic oxidation sites excluding steroid dienone is 4. The number of hydrogen-bond acceptors (Lipinski definition) is 1. The molecule has 0 unspecified atom stereocenters. The van der Waals surface area contributed by atoms with E-state index in [0.29, 0.717) is 0 Å². The molecular formula is C30H31S. The molecule has 1 radical (unpaired) electrons. The number of hydrogen-bond donors (Lipinski definition) is 0. The van der Waals surface area contributed by atoms with Crippen LogP contribution in [0.2, 0.25) is 0 Å². The fraction of sp³-hybridized carbons (Fsp3) is 0.300. The van der Waals surface area contributed by atoms with E-state index < -0.39 is 0 Å². The quantitative estimate of drug-likeness (QED) is 0.302. The molecule has 1 heterocycles. The second-order valence-corrected chi connectivity index (χ2v) is 11.7. The van der Waals surface area contributed by atoms with Crippen molar-refractivity contribution >= 4 is 22.5 Å². The fourth-order valence-corrected chi connectivity index (χ4v) is 5.59. The summed E-state index contributed by atoms with van der Waals surface area (Å²) >= 11 is 1.78. The lowest BCUT2D eigenvalue weighted by atomic mass is 9.77. The molecule has 0 amide bonds. The van der Waals surface area contributed by atoms with Crippen LogP contribution in [0.1, 0.15) is 81.3 Å². The van der Waals surface area contributed by atoms with Crippen molar-refractivity contribution in [1.29, 1.82) is 0 Å². The Balaban J connectivity index is 1.74. The highest BCUT2D eigenvalue weighted by molar-refractivity contribution is 7.08. The average Bonchev–Trinajstić information content (AvgIpc) is 3.43. The third-order valence-corrected chi connectivity index (χ3v) is 7.31. The van der Waals surface area contributed by atoms with Gasteiger partial charge >= 0.3 is 0 Å². The highest BCUT2D eigenvalue weighted by atomic mass is 32.1. The van der Waals surface area contributed by atoms with Gasteiger partial charge < -0.3 is 0 Å². The number of benzene rings is 2. The molecule has 0 spiro atoms. The topological polar surface area (TPSA) is 0 Å². The number of rotatable bonds is 2. The third kappa shape index (κ3) is 3.44. The summed E-state index contributed by atoms with van der Waals surface area (Å²) < 4.78 is 0. The Kier molecular flexibility index (Phi) is 4.68. The van der Waals surface area contributed by atoms with E-state index in [9.17, 15) is 0 Å². The van der Waals surface area contributed by atoms with Gasteiger partial charge in [0.1, 0.15) is 0 Å². The maximum atomic E-state index is 2.45. The minimum Gasteiger partial charge on any atom is -0.152 e. The molecule has 1 aromatic heterocycles.